The molecule has 0 aromatic carbocycles. The Morgan fingerprint density at radius 1 is 1.30 bits per heavy atom. The van der Waals surface area contributed by atoms with Gasteiger partial charge >= 0.3 is 0 Å². The van der Waals surface area contributed by atoms with Crippen LogP contribution in [0.15, 0.2) is 18.3 Å². The molecule has 0 saturated heterocycles. The van der Waals surface area contributed by atoms with E-state index in [-0.39, 0.29) is 0 Å². The van der Waals surface area contributed by atoms with Crippen LogP contribution in [0.4, 0.5) is 0 Å². The lowest BCUT2D eigenvalue weighted by Crippen LogP contribution is -2.06. The van der Waals surface area contributed by atoms with Gasteiger partial charge in [-0.05, 0) is 25.5 Å². The van der Waals surface area contributed by atoms with Gasteiger partial charge in [0.15, 0.2) is 0 Å². The molecule has 2 aromatic rings. The van der Waals surface area contributed by atoms with Crippen LogP contribution in [0.3, 0.4) is 0 Å². The molecule has 2 heterocycles. The average Bonchev–Trinajstić information content (AvgIpc) is 2.81. The van der Waals surface area contributed by atoms with E-state index >= 15 is 0 Å². The third kappa shape index (κ3) is 3.25. The molecule has 0 aliphatic carbocycles. The molecule has 2 aromatic heterocycles. The van der Waals surface area contributed by atoms with Crippen LogP contribution in [-0.4, -0.2) is 14.8 Å². The molecule has 0 radical (unpaired) electrons. The van der Waals surface area contributed by atoms with E-state index in [0.717, 1.165) is 30.0 Å². The van der Waals surface area contributed by atoms with Crippen molar-refractivity contribution in [3.63, 3.8) is 0 Å². The lowest BCUT2D eigenvalue weighted by atomic mass is 10.3. The highest BCUT2D eigenvalue weighted by molar-refractivity contribution is 6.31. The van der Waals surface area contributed by atoms with Crippen LogP contribution in [0.5, 0.6) is 5.75 Å². The van der Waals surface area contributed by atoms with E-state index in [4.69, 9.17) is 27.9 Å². The monoisotopic (exact) mass is 313 g/mol. The Morgan fingerprint density at radius 2 is 2.10 bits per heavy atom. The largest absolute Gasteiger partial charge is 0.486 e. The number of aromatic nitrogens is 3. The first-order valence-electron chi connectivity index (χ1n) is 6.57. The Labute approximate surface area is 128 Å². The molecule has 0 N–H and O–H groups in total. The first-order chi connectivity index (χ1) is 9.69. The number of nitrogens with zero attached hydrogens (tertiary/aromatic N) is 3. The van der Waals surface area contributed by atoms with E-state index in [1.807, 2.05) is 30.7 Å². The van der Waals surface area contributed by atoms with Crippen LogP contribution < -0.4 is 4.74 Å². The van der Waals surface area contributed by atoms with Gasteiger partial charge in [-0.3, -0.25) is 9.67 Å². The lowest BCUT2D eigenvalue weighted by Gasteiger charge is -2.08. The standard InChI is InChI=1S/C14H17Cl2N3O/c1-3-12-14(16)13(19(4-2)18-12)9-20-11-6-5-10(7-15)17-8-11/h5-6,8H,3-4,7,9H2,1-2H3. The summed E-state index contributed by atoms with van der Waals surface area (Å²) in [6.07, 6.45) is 2.48. The summed E-state index contributed by atoms with van der Waals surface area (Å²) < 4.78 is 7.60. The van der Waals surface area contributed by atoms with Gasteiger partial charge in [0, 0.05) is 6.54 Å². The molecular weight excluding hydrogens is 297 g/mol. The maximum atomic E-state index is 6.33. The van der Waals surface area contributed by atoms with E-state index < -0.39 is 0 Å². The van der Waals surface area contributed by atoms with E-state index in [1.165, 1.54) is 0 Å². The minimum atomic E-state index is 0.377. The zero-order chi connectivity index (χ0) is 14.5. The molecule has 6 heteroatoms. The first-order valence-corrected chi connectivity index (χ1v) is 7.48. The Hall–Kier alpha value is -1.26. The second kappa shape index (κ2) is 6.95. The van der Waals surface area contributed by atoms with Gasteiger partial charge in [-0.25, -0.2) is 0 Å². The summed E-state index contributed by atoms with van der Waals surface area (Å²) in [5.74, 6) is 1.09. The molecule has 4 nitrogen and oxygen atoms in total. The SMILES string of the molecule is CCc1nn(CC)c(COc2ccc(CCl)nc2)c1Cl. The van der Waals surface area contributed by atoms with Crippen LogP contribution in [-0.2, 0) is 25.5 Å². The fourth-order valence-electron chi connectivity index (χ4n) is 1.88. The van der Waals surface area contributed by atoms with Gasteiger partial charge < -0.3 is 4.74 Å². The van der Waals surface area contributed by atoms with E-state index in [1.54, 1.807) is 6.20 Å². The predicted molar refractivity (Wildman–Crippen MR) is 80.4 cm³/mol. The minimum absolute atomic E-state index is 0.377. The normalized spacial score (nSPS) is 10.8. The second-order valence-corrected chi connectivity index (χ2v) is 4.93. The van der Waals surface area contributed by atoms with Crippen molar-refractivity contribution >= 4 is 23.2 Å². The van der Waals surface area contributed by atoms with Crippen LogP contribution >= 0.6 is 23.2 Å². The summed E-state index contributed by atoms with van der Waals surface area (Å²) in [5, 5.41) is 5.15. The predicted octanol–water partition coefficient (Wildman–Crippen LogP) is 3.83. The maximum Gasteiger partial charge on any atom is 0.138 e. The Morgan fingerprint density at radius 3 is 2.65 bits per heavy atom. The summed E-state index contributed by atoms with van der Waals surface area (Å²) in [5.41, 5.74) is 2.62. The highest BCUT2D eigenvalue weighted by Gasteiger charge is 2.14. The fraction of sp³-hybridized carbons (Fsp3) is 0.429. The van der Waals surface area contributed by atoms with Crippen LogP contribution in [0.25, 0.3) is 0 Å². The van der Waals surface area contributed by atoms with Gasteiger partial charge in [0.25, 0.3) is 0 Å². The molecular formula is C14H17Cl2N3O. The van der Waals surface area contributed by atoms with Gasteiger partial charge in [0.2, 0.25) is 0 Å². The summed E-state index contributed by atoms with van der Waals surface area (Å²) >= 11 is 12.0. The second-order valence-electron chi connectivity index (χ2n) is 4.28. The third-order valence-electron chi connectivity index (χ3n) is 3.00. The Kier molecular flexibility index (Phi) is 5.26. The number of ether oxygens (including phenoxy) is 1. The van der Waals surface area contributed by atoms with Crippen molar-refractivity contribution in [1.82, 2.24) is 14.8 Å². The van der Waals surface area contributed by atoms with Gasteiger partial charge in [0.05, 0.1) is 34.2 Å². The van der Waals surface area contributed by atoms with E-state index in [9.17, 15) is 0 Å². The maximum absolute atomic E-state index is 6.33. The van der Waals surface area contributed by atoms with E-state index in [0.29, 0.717) is 23.3 Å². The topological polar surface area (TPSA) is 39.9 Å². The molecule has 2 rings (SSSR count). The molecule has 0 saturated carbocycles. The number of halogens is 2. The van der Waals surface area contributed by atoms with Gasteiger partial charge in [0.1, 0.15) is 12.4 Å². The third-order valence-corrected chi connectivity index (χ3v) is 3.71. The van der Waals surface area contributed by atoms with Crippen molar-refractivity contribution in [2.24, 2.45) is 0 Å². The number of pyridine rings is 1. The van der Waals surface area contributed by atoms with Gasteiger partial charge in [-0.2, -0.15) is 5.10 Å². The van der Waals surface area contributed by atoms with Gasteiger partial charge in [-0.1, -0.05) is 18.5 Å². The number of rotatable bonds is 6. The Balaban J connectivity index is 2.11. The number of hydrogen-bond donors (Lipinski definition) is 0. The molecule has 0 atom stereocenters. The van der Waals surface area contributed by atoms with Crippen LogP contribution in [0, 0.1) is 0 Å². The summed E-state index contributed by atoms with van der Waals surface area (Å²) in [6, 6.07) is 3.70. The molecule has 0 bridgehead atoms. The zero-order valence-corrected chi connectivity index (χ0v) is 13.1. The van der Waals surface area contributed by atoms with E-state index in [2.05, 4.69) is 10.1 Å². The Bertz CT molecular complexity index is 567. The number of aryl methyl sites for hydroxylation is 2. The molecule has 108 valence electrons. The molecule has 0 fully saturated rings. The van der Waals surface area contributed by atoms with Crippen molar-refractivity contribution in [1.29, 1.82) is 0 Å². The summed E-state index contributed by atoms with van der Waals surface area (Å²) in [7, 11) is 0. The smallest absolute Gasteiger partial charge is 0.138 e. The summed E-state index contributed by atoms with van der Waals surface area (Å²) in [4.78, 5) is 4.18. The highest BCUT2D eigenvalue weighted by atomic mass is 35.5. The number of hydrogen-bond acceptors (Lipinski definition) is 3. The van der Waals surface area contributed by atoms with Crippen LogP contribution in [0.1, 0.15) is 30.9 Å². The zero-order valence-electron chi connectivity index (χ0n) is 11.6. The quantitative estimate of drug-likeness (QED) is 0.761. The minimum Gasteiger partial charge on any atom is -0.486 e. The van der Waals surface area contributed by atoms with Crippen molar-refractivity contribution in [3.05, 3.63) is 40.4 Å². The van der Waals surface area contributed by atoms with Crippen molar-refractivity contribution in [3.8, 4) is 5.75 Å². The highest BCUT2D eigenvalue weighted by Crippen LogP contribution is 2.23. The van der Waals surface area contributed by atoms with Crippen molar-refractivity contribution in [2.75, 3.05) is 0 Å². The summed E-state index contributed by atoms with van der Waals surface area (Å²) in [6.45, 7) is 5.21. The molecule has 0 amide bonds. The fourth-order valence-corrected chi connectivity index (χ4v) is 2.36. The molecule has 0 aliphatic rings. The molecule has 20 heavy (non-hydrogen) atoms. The van der Waals surface area contributed by atoms with Crippen molar-refractivity contribution < 1.29 is 4.74 Å². The molecule has 0 aliphatic heterocycles. The molecule has 0 spiro atoms. The average molecular weight is 314 g/mol. The lowest BCUT2D eigenvalue weighted by molar-refractivity contribution is 0.291. The number of alkyl halides is 1. The van der Waals surface area contributed by atoms with Gasteiger partial charge in [-0.15, -0.1) is 11.6 Å². The van der Waals surface area contributed by atoms with Crippen LogP contribution in [0.2, 0.25) is 5.02 Å². The van der Waals surface area contributed by atoms with Crippen molar-refractivity contribution in [2.45, 2.75) is 39.3 Å². The first kappa shape index (κ1) is 15.1. The molecule has 0 unspecified atom stereocenters.